The highest BCUT2D eigenvalue weighted by Gasteiger charge is 2.19. The topological polar surface area (TPSA) is 81.4 Å². The number of ketones is 1. The zero-order chi connectivity index (χ0) is 15.0. The quantitative estimate of drug-likeness (QED) is 0.659. The van der Waals surface area contributed by atoms with Crippen molar-refractivity contribution in [2.24, 2.45) is 0 Å². The third-order valence-corrected chi connectivity index (χ3v) is 3.43. The predicted octanol–water partition coefficient (Wildman–Crippen LogP) is 2.48. The van der Waals surface area contributed by atoms with E-state index in [1.165, 1.54) is 6.07 Å². The molecule has 21 heavy (non-hydrogen) atoms. The number of fused-ring (bicyclic) bond motifs is 1. The summed E-state index contributed by atoms with van der Waals surface area (Å²) in [6, 6.07) is 9.56. The Morgan fingerprint density at radius 1 is 1.24 bits per heavy atom. The number of rotatable bonds is 2. The monoisotopic (exact) mass is 302 g/mol. The average molecular weight is 303 g/mol. The molecule has 0 radical (unpaired) electrons. The number of nitrogens with one attached hydrogen (secondary N) is 1. The van der Waals surface area contributed by atoms with Crippen LogP contribution >= 0.6 is 11.6 Å². The van der Waals surface area contributed by atoms with Gasteiger partial charge < -0.3 is 15.8 Å². The third kappa shape index (κ3) is 2.55. The molecule has 0 aliphatic carbocycles. The van der Waals surface area contributed by atoms with Crippen molar-refractivity contribution in [1.29, 1.82) is 0 Å². The summed E-state index contributed by atoms with van der Waals surface area (Å²) in [4.78, 5) is 23.8. The summed E-state index contributed by atoms with van der Waals surface area (Å²) in [6.07, 6.45) is 0. The van der Waals surface area contributed by atoms with Crippen LogP contribution in [0.4, 0.5) is 11.4 Å². The molecule has 6 heteroatoms. The standard InChI is InChI=1S/C15H11ClN2O3/c16-11-6-9(17)2-3-10(11)15(20)8-1-4-13-12(5-8)18-14(19)7-21-13/h1-6H,7,17H2,(H,18,19). The van der Waals surface area contributed by atoms with Crippen molar-refractivity contribution >= 4 is 34.7 Å². The van der Waals surface area contributed by atoms with Gasteiger partial charge in [0.1, 0.15) is 5.75 Å². The summed E-state index contributed by atoms with van der Waals surface area (Å²) in [5.74, 6) is 0.0368. The molecule has 0 saturated carbocycles. The van der Waals surface area contributed by atoms with Gasteiger partial charge in [0.2, 0.25) is 0 Å². The second kappa shape index (κ2) is 5.10. The molecule has 1 amide bonds. The highest BCUT2D eigenvalue weighted by molar-refractivity contribution is 6.35. The zero-order valence-corrected chi connectivity index (χ0v) is 11.6. The van der Waals surface area contributed by atoms with Gasteiger partial charge in [-0.15, -0.1) is 0 Å². The molecule has 1 heterocycles. The molecular weight excluding hydrogens is 292 g/mol. The lowest BCUT2D eigenvalue weighted by molar-refractivity contribution is -0.118. The fraction of sp³-hybridized carbons (Fsp3) is 0.0667. The molecule has 0 fully saturated rings. The number of benzene rings is 2. The molecule has 0 spiro atoms. The third-order valence-electron chi connectivity index (χ3n) is 3.11. The fourth-order valence-electron chi connectivity index (χ4n) is 2.10. The number of nitrogen functional groups attached to an aromatic ring is 1. The minimum Gasteiger partial charge on any atom is -0.482 e. The number of hydrogen-bond donors (Lipinski definition) is 2. The van der Waals surface area contributed by atoms with E-state index in [0.717, 1.165) is 0 Å². The van der Waals surface area contributed by atoms with Crippen LogP contribution < -0.4 is 15.8 Å². The van der Waals surface area contributed by atoms with E-state index in [2.05, 4.69) is 5.32 Å². The molecule has 0 saturated heterocycles. The van der Waals surface area contributed by atoms with Gasteiger partial charge in [0.05, 0.1) is 10.7 Å². The first kappa shape index (κ1) is 13.5. The number of carbonyl (C=O) groups excluding carboxylic acids is 2. The van der Waals surface area contributed by atoms with Crippen molar-refractivity contribution < 1.29 is 14.3 Å². The number of halogens is 1. The summed E-state index contributed by atoms with van der Waals surface area (Å²) in [5.41, 5.74) is 7.34. The SMILES string of the molecule is Nc1ccc(C(=O)c2ccc3c(c2)NC(=O)CO3)c(Cl)c1. The maximum atomic E-state index is 12.5. The van der Waals surface area contributed by atoms with Gasteiger partial charge in [-0.25, -0.2) is 0 Å². The molecule has 2 aromatic rings. The minimum atomic E-state index is -0.252. The van der Waals surface area contributed by atoms with E-state index in [4.69, 9.17) is 22.1 Å². The number of anilines is 2. The van der Waals surface area contributed by atoms with Gasteiger partial charge in [-0.3, -0.25) is 9.59 Å². The summed E-state index contributed by atoms with van der Waals surface area (Å²) in [7, 11) is 0. The highest BCUT2D eigenvalue weighted by atomic mass is 35.5. The van der Waals surface area contributed by atoms with E-state index < -0.39 is 0 Å². The van der Waals surface area contributed by atoms with E-state index >= 15 is 0 Å². The Kier molecular flexibility index (Phi) is 3.27. The lowest BCUT2D eigenvalue weighted by atomic mass is 10.0. The smallest absolute Gasteiger partial charge is 0.262 e. The van der Waals surface area contributed by atoms with Crippen LogP contribution in [0.3, 0.4) is 0 Å². The summed E-state index contributed by atoms with van der Waals surface area (Å²) in [6.45, 7) is -0.0237. The molecule has 1 aliphatic rings. The molecule has 106 valence electrons. The first-order chi connectivity index (χ1) is 10.0. The van der Waals surface area contributed by atoms with Crippen molar-refractivity contribution in [3.05, 3.63) is 52.5 Å². The lowest BCUT2D eigenvalue weighted by Crippen LogP contribution is -2.25. The Labute approximate surface area is 125 Å². The molecular formula is C15H11ClN2O3. The Balaban J connectivity index is 1.98. The van der Waals surface area contributed by atoms with E-state index in [-0.39, 0.29) is 23.3 Å². The number of nitrogens with two attached hydrogens (primary N) is 1. The van der Waals surface area contributed by atoms with Crippen molar-refractivity contribution in [3.63, 3.8) is 0 Å². The summed E-state index contributed by atoms with van der Waals surface area (Å²) in [5, 5.41) is 2.95. The van der Waals surface area contributed by atoms with Crippen LogP contribution in [0.15, 0.2) is 36.4 Å². The largest absolute Gasteiger partial charge is 0.482 e. The summed E-state index contributed by atoms with van der Waals surface area (Å²) >= 11 is 6.05. The number of hydrogen-bond acceptors (Lipinski definition) is 4. The number of amides is 1. The van der Waals surface area contributed by atoms with Crippen molar-refractivity contribution in [2.45, 2.75) is 0 Å². The Bertz CT molecular complexity index is 759. The molecule has 0 bridgehead atoms. The van der Waals surface area contributed by atoms with Gasteiger partial charge in [0.25, 0.3) is 5.91 Å². The maximum absolute atomic E-state index is 12.5. The van der Waals surface area contributed by atoms with Gasteiger partial charge in [-0.05, 0) is 36.4 Å². The molecule has 3 N–H and O–H groups in total. The van der Waals surface area contributed by atoms with Crippen LogP contribution in [0, 0.1) is 0 Å². The van der Waals surface area contributed by atoms with Crippen molar-refractivity contribution in [1.82, 2.24) is 0 Å². The van der Waals surface area contributed by atoms with E-state index in [9.17, 15) is 9.59 Å². The summed E-state index contributed by atoms with van der Waals surface area (Å²) < 4.78 is 5.25. The van der Waals surface area contributed by atoms with Gasteiger partial charge in [-0.1, -0.05) is 11.6 Å². The molecule has 2 aromatic carbocycles. The van der Waals surface area contributed by atoms with Crippen LogP contribution in [0.2, 0.25) is 5.02 Å². The van der Waals surface area contributed by atoms with Gasteiger partial charge in [0.15, 0.2) is 12.4 Å². The van der Waals surface area contributed by atoms with Crippen LogP contribution in [-0.4, -0.2) is 18.3 Å². The van der Waals surface area contributed by atoms with Crippen LogP contribution in [0.25, 0.3) is 0 Å². The van der Waals surface area contributed by atoms with Crippen molar-refractivity contribution in [2.75, 3.05) is 17.7 Å². The lowest BCUT2D eigenvalue weighted by Gasteiger charge is -2.18. The molecule has 0 aromatic heterocycles. The predicted molar refractivity (Wildman–Crippen MR) is 79.9 cm³/mol. The zero-order valence-electron chi connectivity index (χ0n) is 10.9. The second-order valence-corrected chi connectivity index (χ2v) is 5.02. The molecule has 5 nitrogen and oxygen atoms in total. The second-order valence-electron chi connectivity index (χ2n) is 4.62. The van der Waals surface area contributed by atoms with Crippen LogP contribution in [-0.2, 0) is 4.79 Å². The fourth-order valence-corrected chi connectivity index (χ4v) is 2.37. The van der Waals surface area contributed by atoms with E-state index in [1.807, 2.05) is 0 Å². The van der Waals surface area contributed by atoms with E-state index in [0.29, 0.717) is 28.3 Å². The highest BCUT2D eigenvalue weighted by Crippen LogP contribution is 2.30. The molecule has 0 atom stereocenters. The average Bonchev–Trinajstić information content (AvgIpc) is 2.46. The van der Waals surface area contributed by atoms with Crippen molar-refractivity contribution in [3.8, 4) is 5.75 Å². The first-order valence-corrected chi connectivity index (χ1v) is 6.59. The van der Waals surface area contributed by atoms with Gasteiger partial charge >= 0.3 is 0 Å². The van der Waals surface area contributed by atoms with Gasteiger partial charge in [0, 0.05) is 16.8 Å². The Hall–Kier alpha value is -2.53. The molecule has 1 aliphatic heterocycles. The molecule has 0 unspecified atom stereocenters. The Morgan fingerprint density at radius 3 is 2.81 bits per heavy atom. The molecule has 3 rings (SSSR count). The first-order valence-electron chi connectivity index (χ1n) is 6.21. The van der Waals surface area contributed by atoms with Crippen LogP contribution in [0.1, 0.15) is 15.9 Å². The van der Waals surface area contributed by atoms with Gasteiger partial charge in [-0.2, -0.15) is 0 Å². The maximum Gasteiger partial charge on any atom is 0.262 e. The Morgan fingerprint density at radius 2 is 2.05 bits per heavy atom. The van der Waals surface area contributed by atoms with E-state index in [1.54, 1.807) is 30.3 Å². The number of ether oxygens (including phenoxy) is 1. The normalized spacial score (nSPS) is 13.1. The van der Waals surface area contributed by atoms with Crippen LogP contribution in [0.5, 0.6) is 5.75 Å². The minimum absolute atomic E-state index is 0.0237. The number of carbonyl (C=O) groups is 2.